The Morgan fingerprint density at radius 2 is 1.54 bits per heavy atom. The molecule has 0 radical (unpaired) electrons. The van der Waals surface area contributed by atoms with Crippen LogP contribution in [0.4, 0.5) is 0 Å². The monoisotopic (exact) mass is 498 g/mol. The zero-order valence-corrected chi connectivity index (χ0v) is 22.0. The van der Waals surface area contributed by atoms with E-state index in [1.54, 1.807) is 4.90 Å². The van der Waals surface area contributed by atoms with Gasteiger partial charge >= 0.3 is 0 Å². The molecule has 0 spiro atoms. The van der Waals surface area contributed by atoms with Crippen LogP contribution in [0.25, 0.3) is 0 Å². The zero-order chi connectivity index (χ0) is 26.0. The molecule has 3 aromatic rings. The second kappa shape index (κ2) is 13.1. The van der Waals surface area contributed by atoms with E-state index in [2.05, 4.69) is 12.2 Å². The van der Waals surface area contributed by atoms with Gasteiger partial charge in [-0.25, -0.2) is 0 Å². The molecule has 0 aromatic heterocycles. The quantitative estimate of drug-likeness (QED) is 0.372. The summed E-state index contributed by atoms with van der Waals surface area (Å²) in [5.74, 6) is 0.349. The molecule has 1 saturated carbocycles. The molecule has 0 bridgehead atoms. The normalized spacial score (nSPS) is 14.2. The van der Waals surface area contributed by atoms with Crippen molar-refractivity contribution in [3.63, 3.8) is 0 Å². The molecule has 5 heteroatoms. The Morgan fingerprint density at radius 3 is 2.19 bits per heavy atom. The highest BCUT2D eigenvalue weighted by atomic mass is 16.5. The number of benzene rings is 3. The number of nitrogens with zero attached hydrogens (tertiary/aromatic N) is 1. The van der Waals surface area contributed by atoms with Gasteiger partial charge in [0.05, 0.1) is 0 Å². The molecule has 194 valence electrons. The molecule has 1 aliphatic carbocycles. The van der Waals surface area contributed by atoms with Gasteiger partial charge in [0.15, 0.2) is 6.61 Å². The van der Waals surface area contributed by atoms with Gasteiger partial charge in [0, 0.05) is 19.0 Å². The average Bonchev–Trinajstić information content (AvgIpc) is 3.44. The van der Waals surface area contributed by atoms with Crippen molar-refractivity contribution >= 4 is 11.8 Å². The van der Waals surface area contributed by atoms with Gasteiger partial charge in [0.2, 0.25) is 5.91 Å². The van der Waals surface area contributed by atoms with Crippen LogP contribution in [-0.4, -0.2) is 35.4 Å². The number of carbonyl (C=O) groups excluding carboxylic acids is 2. The standard InChI is InChI=1S/C32H38N2O3/c1-3-25-17-19-29(20-18-25)37-23-31(35)34(22-27-15-13-24(2)14-16-27)30(21-26-9-5-4-6-10-26)32(36)33-28-11-7-8-12-28/h4-6,9-10,13-20,28,30H,3,7-8,11-12,21-23H2,1-2H3,(H,33,36)/t30-/m1/s1. The lowest BCUT2D eigenvalue weighted by Gasteiger charge is -2.32. The summed E-state index contributed by atoms with van der Waals surface area (Å²) in [6.07, 6.45) is 5.64. The Balaban J connectivity index is 1.58. The fourth-order valence-corrected chi connectivity index (χ4v) is 4.86. The first-order valence-electron chi connectivity index (χ1n) is 13.4. The Kier molecular flexibility index (Phi) is 9.36. The highest BCUT2D eigenvalue weighted by Gasteiger charge is 2.32. The molecule has 2 amide bonds. The second-order valence-corrected chi connectivity index (χ2v) is 9.99. The lowest BCUT2D eigenvalue weighted by molar-refractivity contribution is -0.143. The topological polar surface area (TPSA) is 58.6 Å². The summed E-state index contributed by atoms with van der Waals surface area (Å²) < 4.78 is 5.90. The Bertz CT molecular complexity index is 1140. The molecule has 1 aliphatic rings. The van der Waals surface area contributed by atoms with E-state index >= 15 is 0 Å². The van der Waals surface area contributed by atoms with E-state index in [-0.39, 0.29) is 24.5 Å². The average molecular weight is 499 g/mol. The van der Waals surface area contributed by atoms with Gasteiger partial charge < -0.3 is 15.0 Å². The van der Waals surface area contributed by atoms with Crippen molar-refractivity contribution in [2.45, 2.75) is 71.0 Å². The highest BCUT2D eigenvalue weighted by Crippen LogP contribution is 2.21. The van der Waals surface area contributed by atoms with Crippen LogP contribution in [-0.2, 0) is 29.0 Å². The Morgan fingerprint density at radius 1 is 0.892 bits per heavy atom. The third-order valence-corrected chi connectivity index (χ3v) is 7.14. The van der Waals surface area contributed by atoms with Gasteiger partial charge in [0.25, 0.3) is 5.91 Å². The van der Waals surface area contributed by atoms with E-state index in [1.165, 1.54) is 5.56 Å². The molecule has 1 atom stereocenters. The smallest absolute Gasteiger partial charge is 0.261 e. The summed E-state index contributed by atoms with van der Waals surface area (Å²) >= 11 is 0. The van der Waals surface area contributed by atoms with E-state index in [1.807, 2.05) is 85.8 Å². The molecule has 1 fully saturated rings. The van der Waals surface area contributed by atoms with Crippen molar-refractivity contribution in [2.24, 2.45) is 0 Å². The maximum atomic E-state index is 13.7. The fourth-order valence-electron chi connectivity index (χ4n) is 4.86. The molecular weight excluding hydrogens is 460 g/mol. The first-order chi connectivity index (χ1) is 18.0. The number of nitrogens with one attached hydrogen (secondary N) is 1. The first-order valence-corrected chi connectivity index (χ1v) is 13.4. The minimum Gasteiger partial charge on any atom is -0.484 e. The molecule has 0 heterocycles. The Labute approximate surface area is 220 Å². The molecule has 1 N–H and O–H groups in total. The number of rotatable bonds is 11. The van der Waals surface area contributed by atoms with Crippen molar-refractivity contribution in [3.8, 4) is 5.75 Å². The second-order valence-electron chi connectivity index (χ2n) is 9.99. The van der Waals surface area contributed by atoms with Crippen molar-refractivity contribution in [2.75, 3.05) is 6.61 Å². The van der Waals surface area contributed by atoms with Gasteiger partial charge in [-0.15, -0.1) is 0 Å². The van der Waals surface area contributed by atoms with Crippen LogP contribution in [0.15, 0.2) is 78.9 Å². The van der Waals surface area contributed by atoms with Gasteiger partial charge in [-0.2, -0.15) is 0 Å². The van der Waals surface area contributed by atoms with Crippen LogP contribution < -0.4 is 10.1 Å². The van der Waals surface area contributed by atoms with Gasteiger partial charge in [0.1, 0.15) is 11.8 Å². The summed E-state index contributed by atoms with van der Waals surface area (Å²) in [6.45, 7) is 4.36. The van der Waals surface area contributed by atoms with E-state index in [0.717, 1.165) is 48.8 Å². The van der Waals surface area contributed by atoms with E-state index < -0.39 is 6.04 Å². The van der Waals surface area contributed by atoms with Crippen molar-refractivity contribution < 1.29 is 14.3 Å². The van der Waals surface area contributed by atoms with Crippen LogP contribution >= 0.6 is 0 Å². The molecule has 0 aliphatic heterocycles. The molecule has 4 rings (SSSR count). The van der Waals surface area contributed by atoms with E-state index in [4.69, 9.17) is 4.74 Å². The lowest BCUT2D eigenvalue weighted by Crippen LogP contribution is -2.53. The molecule has 5 nitrogen and oxygen atoms in total. The van der Waals surface area contributed by atoms with E-state index in [9.17, 15) is 9.59 Å². The number of carbonyl (C=O) groups is 2. The maximum Gasteiger partial charge on any atom is 0.261 e. The summed E-state index contributed by atoms with van der Waals surface area (Å²) in [7, 11) is 0. The predicted molar refractivity (Wildman–Crippen MR) is 147 cm³/mol. The predicted octanol–water partition coefficient (Wildman–Crippen LogP) is 5.64. The minimum absolute atomic E-state index is 0.0940. The zero-order valence-electron chi connectivity index (χ0n) is 22.0. The lowest BCUT2D eigenvalue weighted by atomic mass is 10.0. The van der Waals surface area contributed by atoms with Crippen molar-refractivity contribution in [1.29, 1.82) is 0 Å². The number of hydrogen-bond donors (Lipinski definition) is 1. The van der Waals surface area contributed by atoms with Crippen LogP contribution in [0.5, 0.6) is 5.75 Å². The number of aryl methyl sites for hydroxylation is 2. The summed E-state index contributed by atoms with van der Waals surface area (Å²) in [5.41, 5.74) is 4.37. The van der Waals surface area contributed by atoms with Crippen molar-refractivity contribution in [3.05, 3.63) is 101 Å². The summed E-state index contributed by atoms with van der Waals surface area (Å²) in [6, 6.07) is 25.4. The third-order valence-electron chi connectivity index (χ3n) is 7.14. The summed E-state index contributed by atoms with van der Waals surface area (Å²) in [4.78, 5) is 29.1. The van der Waals surface area contributed by atoms with E-state index in [0.29, 0.717) is 18.7 Å². The SMILES string of the molecule is CCc1ccc(OCC(=O)N(Cc2ccc(C)cc2)[C@H](Cc2ccccc2)C(=O)NC2CCCC2)cc1. The van der Waals surface area contributed by atoms with Gasteiger partial charge in [-0.1, -0.05) is 92.1 Å². The molecule has 3 aromatic carbocycles. The van der Waals surface area contributed by atoms with Gasteiger partial charge in [-0.3, -0.25) is 9.59 Å². The number of hydrogen-bond acceptors (Lipinski definition) is 3. The molecular formula is C32H38N2O3. The minimum atomic E-state index is -0.636. The highest BCUT2D eigenvalue weighted by molar-refractivity contribution is 5.88. The largest absolute Gasteiger partial charge is 0.484 e. The molecule has 37 heavy (non-hydrogen) atoms. The number of ether oxygens (including phenoxy) is 1. The van der Waals surface area contributed by atoms with Gasteiger partial charge in [-0.05, 0) is 55.0 Å². The van der Waals surface area contributed by atoms with Crippen LogP contribution in [0.2, 0.25) is 0 Å². The summed E-state index contributed by atoms with van der Waals surface area (Å²) in [5, 5.41) is 3.24. The third kappa shape index (κ3) is 7.69. The maximum absolute atomic E-state index is 13.7. The van der Waals surface area contributed by atoms with Crippen LogP contribution in [0.1, 0.15) is 54.9 Å². The number of amides is 2. The Hall–Kier alpha value is -3.60. The van der Waals surface area contributed by atoms with Crippen LogP contribution in [0.3, 0.4) is 0 Å². The first kappa shape index (κ1) is 26.5. The fraction of sp³-hybridized carbons (Fsp3) is 0.375. The van der Waals surface area contributed by atoms with Crippen molar-refractivity contribution in [1.82, 2.24) is 10.2 Å². The van der Waals surface area contributed by atoms with Crippen LogP contribution in [0, 0.1) is 6.92 Å². The molecule has 0 unspecified atom stereocenters. The molecule has 0 saturated heterocycles.